The average molecular weight is 402 g/mol. The summed E-state index contributed by atoms with van der Waals surface area (Å²) in [5, 5.41) is 2.85. The third-order valence-corrected chi connectivity index (χ3v) is 3.87. The lowest BCUT2D eigenvalue weighted by molar-refractivity contribution is -0.131. The molecule has 1 atom stereocenters. The summed E-state index contributed by atoms with van der Waals surface area (Å²) in [4.78, 5) is 26.5. The van der Waals surface area contributed by atoms with Crippen LogP contribution in [0, 0.1) is 3.57 Å². The number of hydrogen-bond acceptors (Lipinski definition) is 3. The highest BCUT2D eigenvalue weighted by Crippen LogP contribution is 2.15. The Balaban J connectivity index is 2.18. The number of rotatable bonds is 3. The molecule has 6 heteroatoms. The molecule has 1 aromatic carbocycles. The number of nitrogens with zero attached hydrogens (tertiary/aromatic N) is 1. The molecular formula is C15H19IN2O3. The number of ether oxygens (including phenoxy) is 1. The highest BCUT2D eigenvalue weighted by atomic mass is 127. The molecule has 2 amide bonds. The number of carbonyl (C=O) groups is 2. The first-order valence-corrected chi connectivity index (χ1v) is 8.01. The summed E-state index contributed by atoms with van der Waals surface area (Å²) in [6, 6.07) is 6.85. The van der Waals surface area contributed by atoms with Gasteiger partial charge in [-0.25, -0.2) is 0 Å². The summed E-state index contributed by atoms with van der Waals surface area (Å²) in [5.41, 5.74) is 0.603. The Kier molecular flexibility index (Phi) is 5.58. The van der Waals surface area contributed by atoms with E-state index in [-0.39, 0.29) is 24.5 Å². The SMILES string of the molecule is CC(C)NC(=O)C1COCCN1C(=O)c1cccc(I)c1. The minimum absolute atomic E-state index is 0.0362. The molecule has 0 radical (unpaired) electrons. The van der Waals surface area contributed by atoms with E-state index in [4.69, 9.17) is 4.74 Å². The maximum atomic E-state index is 12.6. The number of benzene rings is 1. The van der Waals surface area contributed by atoms with Crippen LogP contribution < -0.4 is 5.32 Å². The number of amides is 2. The Morgan fingerprint density at radius 3 is 2.86 bits per heavy atom. The number of hydrogen-bond donors (Lipinski definition) is 1. The largest absolute Gasteiger partial charge is 0.377 e. The molecule has 21 heavy (non-hydrogen) atoms. The second-order valence-electron chi connectivity index (χ2n) is 5.26. The summed E-state index contributed by atoms with van der Waals surface area (Å²) in [6.45, 7) is 4.93. The molecule has 1 aromatic rings. The van der Waals surface area contributed by atoms with E-state index >= 15 is 0 Å². The van der Waals surface area contributed by atoms with Crippen LogP contribution in [0.5, 0.6) is 0 Å². The quantitative estimate of drug-likeness (QED) is 0.783. The molecule has 0 aromatic heterocycles. The average Bonchev–Trinajstić information content (AvgIpc) is 2.46. The first-order chi connectivity index (χ1) is 9.99. The molecule has 1 saturated heterocycles. The fourth-order valence-corrected chi connectivity index (χ4v) is 2.78. The summed E-state index contributed by atoms with van der Waals surface area (Å²) in [5.74, 6) is -0.288. The summed E-state index contributed by atoms with van der Waals surface area (Å²) >= 11 is 2.17. The summed E-state index contributed by atoms with van der Waals surface area (Å²) < 4.78 is 6.36. The second kappa shape index (κ2) is 7.22. The van der Waals surface area contributed by atoms with E-state index in [0.717, 1.165) is 3.57 Å². The van der Waals surface area contributed by atoms with Crippen LogP contribution in [0.1, 0.15) is 24.2 Å². The summed E-state index contributed by atoms with van der Waals surface area (Å²) in [7, 11) is 0. The Hall–Kier alpha value is -1.15. The molecule has 1 N–H and O–H groups in total. The van der Waals surface area contributed by atoms with Gasteiger partial charge in [0.05, 0.1) is 13.2 Å². The van der Waals surface area contributed by atoms with Crippen molar-refractivity contribution in [3.63, 3.8) is 0 Å². The second-order valence-corrected chi connectivity index (χ2v) is 6.51. The van der Waals surface area contributed by atoms with E-state index < -0.39 is 6.04 Å². The highest BCUT2D eigenvalue weighted by Gasteiger charge is 2.33. The van der Waals surface area contributed by atoms with Crippen LogP contribution in [-0.2, 0) is 9.53 Å². The van der Waals surface area contributed by atoms with Gasteiger partial charge in [0, 0.05) is 21.7 Å². The van der Waals surface area contributed by atoms with Gasteiger partial charge in [-0.3, -0.25) is 9.59 Å². The van der Waals surface area contributed by atoms with Gasteiger partial charge >= 0.3 is 0 Å². The van der Waals surface area contributed by atoms with Crippen LogP contribution >= 0.6 is 22.6 Å². The summed E-state index contributed by atoms with van der Waals surface area (Å²) in [6.07, 6.45) is 0. The Bertz CT molecular complexity index is 533. The van der Waals surface area contributed by atoms with E-state index in [1.165, 1.54) is 0 Å². The molecule has 0 aliphatic carbocycles. The molecule has 0 spiro atoms. The Morgan fingerprint density at radius 1 is 1.43 bits per heavy atom. The first kappa shape index (κ1) is 16.2. The molecule has 0 bridgehead atoms. The van der Waals surface area contributed by atoms with E-state index in [2.05, 4.69) is 27.9 Å². The monoisotopic (exact) mass is 402 g/mol. The smallest absolute Gasteiger partial charge is 0.254 e. The van der Waals surface area contributed by atoms with Gasteiger partial charge in [0.2, 0.25) is 5.91 Å². The fraction of sp³-hybridized carbons (Fsp3) is 0.467. The van der Waals surface area contributed by atoms with Gasteiger partial charge in [0.25, 0.3) is 5.91 Å². The van der Waals surface area contributed by atoms with Gasteiger partial charge in [-0.2, -0.15) is 0 Å². The lowest BCUT2D eigenvalue weighted by Gasteiger charge is -2.35. The van der Waals surface area contributed by atoms with Gasteiger partial charge in [-0.1, -0.05) is 6.07 Å². The van der Waals surface area contributed by atoms with E-state index in [0.29, 0.717) is 18.7 Å². The zero-order valence-electron chi connectivity index (χ0n) is 12.1. The Labute approximate surface area is 138 Å². The zero-order chi connectivity index (χ0) is 15.4. The number of nitrogens with one attached hydrogen (secondary N) is 1. The lowest BCUT2D eigenvalue weighted by atomic mass is 10.1. The number of carbonyl (C=O) groups excluding carboxylic acids is 2. The van der Waals surface area contributed by atoms with E-state index in [1.54, 1.807) is 11.0 Å². The van der Waals surface area contributed by atoms with E-state index in [1.807, 2.05) is 32.0 Å². The van der Waals surface area contributed by atoms with Crippen LogP contribution in [0.15, 0.2) is 24.3 Å². The van der Waals surface area contributed by atoms with Crippen molar-refractivity contribution in [3.05, 3.63) is 33.4 Å². The van der Waals surface area contributed by atoms with Gasteiger partial charge < -0.3 is 15.0 Å². The van der Waals surface area contributed by atoms with Crippen molar-refractivity contribution < 1.29 is 14.3 Å². The lowest BCUT2D eigenvalue weighted by Crippen LogP contribution is -2.56. The molecular weight excluding hydrogens is 383 g/mol. The van der Waals surface area contributed by atoms with E-state index in [9.17, 15) is 9.59 Å². The van der Waals surface area contributed by atoms with Gasteiger partial charge in [0.1, 0.15) is 6.04 Å². The third kappa shape index (κ3) is 4.16. The molecule has 1 aliphatic rings. The van der Waals surface area contributed by atoms with Crippen molar-refractivity contribution in [3.8, 4) is 0 Å². The minimum Gasteiger partial charge on any atom is -0.377 e. The zero-order valence-corrected chi connectivity index (χ0v) is 14.3. The minimum atomic E-state index is -0.563. The van der Waals surface area contributed by atoms with Gasteiger partial charge in [-0.05, 0) is 54.6 Å². The van der Waals surface area contributed by atoms with Crippen molar-refractivity contribution in [1.29, 1.82) is 0 Å². The fourth-order valence-electron chi connectivity index (χ4n) is 2.23. The van der Waals surface area contributed by atoms with Gasteiger partial charge in [-0.15, -0.1) is 0 Å². The molecule has 1 fully saturated rings. The standard InChI is InChI=1S/C15H19IN2O3/c1-10(2)17-14(19)13-9-21-7-6-18(13)15(20)11-4-3-5-12(16)8-11/h3-5,8,10,13H,6-7,9H2,1-2H3,(H,17,19). The third-order valence-electron chi connectivity index (χ3n) is 3.19. The molecule has 1 heterocycles. The first-order valence-electron chi connectivity index (χ1n) is 6.93. The molecule has 0 saturated carbocycles. The Morgan fingerprint density at radius 2 is 2.19 bits per heavy atom. The molecule has 2 rings (SSSR count). The van der Waals surface area contributed by atoms with Gasteiger partial charge in [0.15, 0.2) is 0 Å². The topological polar surface area (TPSA) is 58.6 Å². The number of halogens is 1. The van der Waals surface area contributed by atoms with Crippen LogP contribution in [0.2, 0.25) is 0 Å². The van der Waals surface area contributed by atoms with Crippen LogP contribution in [0.25, 0.3) is 0 Å². The molecule has 1 aliphatic heterocycles. The number of morpholine rings is 1. The molecule has 5 nitrogen and oxygen atoms in total. The maximum Gasteiger partial charge on any atom is 0.254 e. The predicted octanol–water partition coefficient (Wildman–Crippen LogP) is 1.66. The molecule has 1 unspecified atom stereocenters. The van der Waals surface area contributed by atoms with Crippen molar-refractivity contribution in [2.45, 2.75) is 25.9 Å². The predicted molar refractivity (Wildman–Crippen MR) is 88.1 cm³/mol. The highest BCUT2D eigenvalue weighted by molar-refractivity contribution is 14.1. The van der Waals surface area contributed by atoms with Crippen molar-refractivity contribution >= 4 is 34.4 Å². The molecule has 114 valence electrons. The van der Waals surface area contributed by atoms with Crippen molar-refractivity contribution in [1.82, 2.24) is 10.2 Å². The normalized spacial score (nSPS) is 18.7. The van der Waals surface area contributed by atoms with Crippen LogP contribution in [-0.4, -0.2) is 48.6 Å². The van der Waals surface area contributed by atoms with Crippen LogP contribution in [0.3, 0.4) is 0 Å². The van der Waals surface area contributed by atoms with Crippen molar-refractivity contribution in [2.24, 2.45) is 0 Å². The maximum absolute atomic E-state index is 12.6. The van der Waals surface area contributed by atoms with Crippen molar-refractivity contribution in [2.75, 3.05) is 19.8 Å². The van der Waals surface area contributed by atoms with Crippen LogP contribution in [0.4, 0.5) is 0 Å².